The largest absolute Gasteiger partial charge is 0.460 e. The molecule has 0 aliphatic carbocycles. The van der Waals surface area contributed by atoms with Gasteiger partial charge in [0.05, 0.1) is 12.3 Å². The van der Waals surface area contributed by atoms with Gasteiger partial charge in [-0.15, -0.1) is 5.10 Å². The average Bonchev–Trinajstić information content (AvgIpc) is 2.64. The Kier molecular flexibility index (Phi) is 5.71. The van der Waals surface area contributed by atoms with Crippen LogP contribution in [-0.2, 0) is 16.0 Å². The number of hydrogen-bond acceptors (Lipinski definition) is 4. The van der Waals surface area contributed by atoms with E-state index < -0.39 is 5.97 Å². The maximum absolute atomic E-state index is 12.5. The van der Waals surface area contributed by atoms with Crippen molar-refractivity contribution in [2.24, 2.45) is 5.10 Å². The maximum atomic E-state index is 12.5. The number of hydrogen-bond donors (Lipinski definition) is 1. The number of nitrogens with zero attached hydrogens (tertiary/aromatic N) is 2. The van der Waals surface area contributed by atoms with Crippen molar-refractivity contribution in [3.63, 3.8) is 0 Å². The Morgan fingerprint density at radius 2 is 2.00 bits per heavy atom. The van der Waals surface area contributed by atoms with Gasteiger partial charge in [-0.3, -0.25) is 5.43 Å². The molecule has 6 heteroatoms. The van der Waals surface area contributed by atoms with E-state index in [-0.39, 0.29) is 5.84 Å². The van der Waals surface area contributed by atoms with E-state index in [0.29, 0.717) is 6.61 Å². The quantitative estimate of drug-likeness (QED) is 0.362. The van der Waals surface area contributed by atoms with Crippen molar-refractivity contribution in [1.29, 1.82) is 0 Å². The molecule has 0 bridgehead atoms. The van der Waals surface area contributed by atoms with Crippen LogP contribution in [0.25, 0.3) is 0 Å². The molecule has 0 unspecified atom stereocenters. The molecule has 130 valence electrons. The zero-order valence-electron chi connectivity index (χ0n) is 14.0. The zero-order valence-corrected chi connectivity index (χ0v) is 15.6. The van der Waals surface area contributed by atoms with Crippen LogP contribution in [0.1, 0.15) is 18.9 Å². The fraction of sp³-hybridized carbons (Fsp3) is 0.263. The van der Waals surface area contributed by atoms with Gasteiger partial charge < -0.3 is 9.64 Å². The molecule has 1 N–H and O–H groups in total. The number of anilines is 2. The average molecular weight is 402 g/mol. The fourth-order valence-electron chi connectivity index (χ4n) is 2.81. The number of carbonyl (C=O) groups excluding carboxylic acids is 1. The summed E-state index contributed by atoms with van der Waals surface area (Å²) in [7, 11) is 0. The molecule has 5 nitrogen and oxygen atoms in total. The Labute approximate surface area is 155 Å². The highest BCUT2D eigenvalue weighted by atomic mass is 79.9. The Morgan fingerprint density at radius 3 is 2.76 bits per heavy atom. The normalized spacial score (nSPS) is 14.0. The number of nitrogens with one attached hydrogen (secondary N) is 1. The summed E-state index contributed by atoms with van der Waals surface area (Å²) < 4.78 is 6.20. The third-order valence-corrected chi connectivity index (χ3v) is 4.49. The molecular weight excluding hydrogens is 382 g/mol. The van der Waals surface area contributed by atoms with E-state index in [0.717, 1.165) is 35.2 Å². The molecule has 0 saturated carbocycles. The van der Waals surface area contributed by atoms with E-state index in [2.05, 4.69) is 32.5 Å². The van der Waals surface area contributed by atoms with E-state index in [4.69, 9.17) is 4.74 Å². The van der Waals surface area contributed by atoms with Crippen LogP contribution < -0.4 is 10.3 Å². The van der Waals surface area contributed by atoms with Crippen LogP contribution in [0.4, 0.5) is 11.4 Å². The first-order valence-corrected chi connectivity index (χ1v) is 9.10. The fourth-order valence-corrected chi connectivity index (χ4v) is 3.07. The van der Waals surface area contributed by atoms with Gasteiger partial charge in [0.15, 0.2) is 0 Å². The Hall–Kier alpha value is -2.34. The van der Waals surface area contributed by atoms with Crippen LogP contribution >= 0.6 is 15.9 Å². The second kappa shape index (κ2) is 8.16. The minimum atomic E-state index is -0.427. The summed E-state index contributed by atoms with van der Waals surface area (Å²) in [5.74, 6) is -0.152. The summed E-state index contributed by atoms with van der Waals surface area (Å²) in [6, 6.07) is 15.7. The second-order valence-corrected chi connectivity index (χ2v) is 6.57. The summed E-state index contributed by atoms with van der Waals surface area (Å²) in [5, 5.41) is 4.37. The highest BCUT2D eigenvalue weighted by Crippen LogP contribution is 2.27. The molecule has 1 heterocycles. The van der Waals surface area contributed by atoms with Crippen LogP contribution in [0.3, 0.4) is 0 Å². The van der Waals surface area contributed by atoms with Crippen molar-refractivity contribution in [2.75, 3.05) is 23.5 Å². The minimum absolute atomic E-state index is 0.275. The van der Waals surface area contributed by atoms with Crippen LogP contribution in [0.15, 0.2) is 58.1 Å². The lowest BCUT2D eigenvalue weighted by atomic mass is 10.0. The van der Waals surface area contributed by atoms with Gasteiger partial charge in [0.2, 0.25) is 5.84 Å². The predicted molar refractivity (Wildman–Crippen MR) is 104 cm³/mol. The van der Waals surface area contributed by atoms with Gasteiger partial charge in [0, 0.05) is 16.7 Å². The van der Waals surface area contributed by atoms with Crippen LogP contribution in [-0.4, -0.2) is 25.0 Å². The SMILES string of the molecule is CCOC(=O)/C(=N/Nc1ccc(Br)cc1)N1CCCc2ccccc21. The highest BCUT2D eigenvalue weighted by Gasteiger charge is 2.26. The Balaban J connectivity index is 1.91. The number of rotatable bonds is 3. The second-order valence-electron chi connectivity index (χ2n) is 5.66. The molecule has 0 aromatic heterocycles. The van der Waals surface area contributed by atoms with Crippen LogP contribution in [0, 0.1) is 0 Å². The number of hydrazone groups is 1. The predicted octanol–water partition coefficient (Wildman–Crippen LogP) is 4.19. The maximum Gasteiger partial charge on any atom is 0.376 e. The van der Waals surface area contributed by atoms with Crippen molar-refractivity contribution in [3.8, 4) is 0 Å². The van der Waals surface area contributed by atoms with E-state index >= 15 is 0 Å². The van der Waals surface area contributed by atoms with E-state index in [1.54, 1.807) is 6.92 Å². The first-order chi connectivity index (χ1) is 12.2. The standard InChI is InChI=1S/C19H20BrN3O2/c1-2-25-19(24)18(22-21-16-11-9-15(20)10-12-16)23-13-5-7-14-6-3-4-8-17(14)23/h3-4,6,8-12,21H,2,5,7,13H2,1H3/b22-18-. The van der Waals surface area contributed by atoms with Gasteiger partial charge in [0.1, 0.15) is 0 Å². The molecule has 25 heavy (non-hydrogen) atoms. The molecule has 0 spiro atoms. The van der Waals surface area contributed by atoms with E-state index in [9.17, 15) is 4.79 Å². The smallest absolute Gasteiger partial charge is 0.376 e. The molecule has 1 aliphatic heterocycles. The van der Waals surface area contributed by atoms with Crippen molar-refractivity contribution >= 4 is 39.1 Å². The molecule has 1 aliphatic rings. The lowest BCUT2D eigenvalue weighted by Crippen LogP contribution is -2.41. The molecular formula is C19H20BrN3O2. The van der Waals surface area contributed by atoms with E-state index in [1.807, 2.05) is 47.4 Å². The molecule has 2 aromatic rings. The molecule has 3 rings (SSSR count). The number of esters is 1. The lowest BCUT2D eigenvalue weighted by molar-refractivity contribution is -0.135. The monoisotopic (exact) mass is 401 g/mol. The van der Waals surface area contributed by atoms with Gasteiger partial charge >= 0.3 is 5.97 Å². The van der Waals surface area contributed by atoms with Crippen molar-refractivity contribution < 1.29 is 9.53 Å². The summed E-state index contributed by atoms with van der Waals surface area (Å²) in [4.78, 5) is 14.4. The van der Waals surface area contributed by atoms with Gasteiger partial charge in [-0.2, -0.15) is 0 Å². The number of benzene rings is 2. The molecule has 0 atom stereocenters. The van der Waals surface area contributed by atoms with Gasteiger partial charge in [0.25, 0.3) is 0 Å². The summed E-state index contributed by atoms with van der Waals surface area (Å²) in [6.45, 7) is 2.84. The van der Waals surface area contributed by atoms with Gasteiger partial charge in [-0.25, -0.2) is 4.79 Å². The number of amidine groups is 1. The van der Waals surface area contributed by atoms with Crippen LogP contribution in [0.5, 0.6) is 0 Å². The first-order valence-electron chi connectivity index (χ1n) is 8.31. The topological polar surface area (TPSA) is 53.9 Å². The summed E-state index contributed by atoms with van der Waals surface area (Å²) in [5.41, 5.74) is 5.99. The van der Waals surface area contributed by atoms with Gasteiger partial charge in [-0.05, 0) is 55.7 Å². The molecule has 0 radical (unpaired) electrons. The van der Waals surface area contributed by atoms with Crippen molar-refractivity contribution in [2.45, 2.75) is 19.8 Å². The van der Waals surface area contributed by atoms with E-state index in [1.165, 1.54) is 5.56 Å². The number of halogens is 1. The minimum Gasteiger partial charge on any atom is -0.460 e. The first kappa shape index (κ1) is 17.5. The van der Waals surface area contributed by atoms with Gasteiger partial charge in [-0.1, -0.05) is 34.1 Å². The van der Waals surface area contributed by atoms with Crippen molar-refractivity contribution in [1.82, 2.24) is 0 Å². The third kappa shape index (κ3) is 4.20. The summed E-state index contributed by atoms with van der Waals surface area (Å²) >= 11 is 3.40. The van der Waals surface area contributed by atoms with Crippen molar-refractivity contribution in [3.05, 3.63) is 58.6 Å². The van der Waals surface area contributed by atoms with Crippen LogP contribution in [0.2, 0.25) is 0 Å². The summed E-state index contributed by atoms with van der Waals surface area (Å²) in [6.07, 6.45) is 1.97. The Bertz CT molecular complexity index is 774. The molecule has 0 saturated heterocycles. The number of fused-ring (bicyclic) bond motifs is 1. The zero-order chi connectivity index (χ0) is 17.6. The number of para-hydroxylation sites is 1. The molecule has 0 amide bonds. The number of carbonyl (C=O) groups is 1. The molecule has 0 fully saturated rings. The molecule has 2 aromatic carbocycles. The third-order valence-electron chi connectivity index (χ3n) is 3.96. The number of ether oxygens (including phenoxy) is 1. The lowest BCUT2D eigenvalue weighted by Gasteiger charge is -2.30. The Morgan fingerprint density at radius 1 is 1.24 bits per heavy atom. The number of aryl methyl sites for hydroxylation is 1. The highest BCUT2D eigenvalue weighted by molar-refractivity contribution is 9.10.